The summed E-state index contributed by atoms with van der Waals surface area (Å²) < 4.78 is 14.1. The van der Waals surface area contributed by atoms with Gasteiger partial charge in [-0.15, -0.1) is 0 Å². The molecule has 0 amide bonds. The van der Waals surface area contributed by atoms with E-state index in [2.05, 4.69) is 107 Å². The molecule has 0 fully saturated rings. The number of hydrogen-bond acceptors (Lipinski definition) is 7. The average Bonchev–Trinajstić information content (AvgIpc) is 2.92. The Hall–Kier alpha value is -0.979. The van der Waals surface area contributed by atoms with Crippen LogP contribution in [-0.2, 0) is 0 Å². The zero-order chi connectivity index (χ0) is 25.8. The van der Waals surface area contributed by atoms with E-state index in [1.807, 2.05) is 0 Å². The van der Waals surface area contributed by atoms with Gasteiger partial charge in [0.15, 0.2) is 19.0 Å². The molecule has 0 saturated carbocycles. The highest BCUT2D eigenvalue weighted by molar-refractivity contribution is 7.23. The standard InChI is InChI=1S/C23H46N4O2SSi3/c1-21(2,3)31(10,11)27-20-25-17-16(30-20)18(28-32(12,13)22(4,5)6)26-19(24-17)29-33(14,15)23(7,8)9/h1-15H3,(H,24,25,26,27). The van der Waals surface area contributed by atoms with Crippen LogP contribution in [0.25, 0.3) is 10.3 Å². The Balaban J connectivity index is 2.62. The summed E-state index contributed by atoms with van der Waals surface area (Å²) in [6.07, 6.45) is 0. The third-order valence-electron chi connectivity index (χ3n) is 7.81. The van der Waals surface area contributed by atoms with Crippen LogP contribution in [0.2, 0.25) is 54.4 Å². The number of rotatable bonds is 6. The minimum Gasteiger partial charge on any atom is -0.529 e. The lowest BCUT2D eigenvalue weighted by Gasteiger charge is -2.37. The van der Waals surface area contributed by atoms with Gasteiger partial charge in [0.1, 0.15) is 4.70 Å². The summed E-state index contributed by atoms with van der Waals surface area (Å²) in [6, 6.07) is 0.381. The Morgan fingerprint density at radius 1 is 0.667 bits per heavy atom. The van der Waals surface area contributed by atoms with E-state index in [0.717, 1.165) is 9.83 Å². The fraction of sp³-hybridized carbons (Fsp3) is 0.783. The van der Waals surface area contributed by atoms with Gasteiger partial charge in [-0.3, -0.25) is 0 Å². The quantitative estimate of drug-likeness (QED) is 0.382. The van der Waals surface area contributed by atoms with Crippen LogP contribution in [0.3, 0.4) is 0 Å². The van der Waals surface area contributed by atoms with Crippen LogP contribution in [0, 0.1) is 0 Å². The molecule has 2 heterocycles. The van der Waals surface area contributed by atoms with E-state index in [4.69, 9.17) is 23.8 Å². The van der Waals surface area contributed by atoms with Crippen molar-refractivity contribution in [2.24, 2.45) is 0 Å². The van der Waals surface area contributed by atoms with Crippen molar-refractivity contribution in [3.05, 3.63) is 0 Å². The van der Waals surface area contributed by atoms with Crippen LogP contribution in [-0.4, -0.2) is 39.8 Å². The lowest BCUT2D eigenvalue weighted by Crippen LogP contribution is -2.45. The van der Waals surface area contributed by atoms with Crippen molar-refractivity contribution in [2.45, 2.75) is 117 Å². The summed E-state index contributed by atoms with van der Waals surface area (Å²) in [5, 5.41) is 1.17. The van der Waals surface area contributed by atoms with Crippen LogP contribution in [0.15, 0.2) is 0 Å². The highest BCUT2D eigenvalue weighted by atomic mass is 32.1. The van der Waals surface area contributed by atoms with E-state index in [-0.39, 0.29) is 15.1 Å². The van der Waals surface area contributed by atoms with Crippen molar-refractivity contribution >= 4 is 51.7 Å². The molecule has 0 aliphatic heterocycles. The lowest BCUT2D eigenvalue weighted by molar-refractivity contribution is 0.438. The number of nitrogens with zero attached hydrogens (tertiary/aromatic N) is 3. The van der Waals surface area contributed by atoms with Crippen molar-refractivity contribution < 1.29 is 8.85 Å². The normalized spacial score (nSPS) is 14.5. The molecule has 0 radical (unpaired) electrons. The van der Waals surface area contributed by atoms with Crippen molar-refractivity contribution in [3.63, 3.8) is 0 Å². The fourth-order valence-electron chi connectivity index (χ4n) is 2.18. The predicted molar refractivity (Wildman–Crippen MR) is 152 cm³/mol. The minimum absolute atomic E-state index is 0.0445. The Morgan fingerprint density at radius 3 is 1.61 bits per heavy atom. The van der Waals surface area contributed by atoms with Gasteiger partial charge < -0.3 is 13.8 Å². The monoisotopic (exact) mass is 526 g/mol. The molecular formula is C23H46N4O2SSi3. The highest BCUT2D eigenvalue weighted by Crippen LogP contribution is 2.43. The zero-order valence-electron chi connectivity index (χ0n) is 23.6. The van der Waals surface area contributed by atoms with Crippen LogP contribution >= 0.6 is 11.3 Å². The molecule has 0 aliphatic carbocycles. The van der Waals surface area contributed by atoms with Gasteiger partial charge in [0, 0.05) is 0 Å². The number of nitrogens with one attached hydrogen (secondary N) is 1. The topological polar surface area (TPSA) is 69.2 Å². The number of aromatic nitrogens is 3. The summed E-state index contributed by atoms with van der Waals surface area (Å²) in [6.45, 7) is 33.8. The van der Waals surface area contributed by atoms with E-state index in [1.54, 1.807) is 11.3 Å². The summed E-state index contributed by atoms with van der Waals surface area (Å²) >= 11 is 1.59. The predicted octanol–water partition coefficient (Wildman–Crippen LogP) is 8.27. The van der Waals surface area contributed by atoms with Crippen LogP contribution < -0.4 is 13.8 Å². The first-order valence-electron chi connectivity index (χ1n) is 11.8. The van der Waals surface area contributed by atoms with Gasteiger partial charge >= 0.3 is 6.01 Å². The third-order valence-corrected chi connectivity index (χ3v) is 22.2. The van der Waals surface area contributed by atoms with Crippen molar-refractivity contribution in [3.8, 4) is 11.9 Å². The maximum Gasteiger partial charge on any atom is 0.307 e. The number of thiazole rings is 1. The van der Waals surface area contributed by atoms with Gasteiger partial charge in [0.25, 0.3) is 16.6 Å². The zero-order valence-corrected chi connectivity index (χ0v) is 27.4. The van der Waals surface area contributed by atoms with E-state index in [1.165, 1.54) is 0 Å². The fourth-order valence-corrected chi connectivity index (χ4v) is 6.66. The lowest BCUT2D eigenvalue weighted by atomic mass is 10.2. The molecule has 0 atom stereocenters. The Bertz CT molecular complexity index is 1000. The second-order valence-electron chi connectivity index (χ2n) is 13.7. The van der Waals surface area contributed by atoms with Crippen molar-refractivity contribution in [2.75, 3.05) is 4.98 Å². The molecular weight excluding hydrogens is 481 g/mol. The van der Waals surface area contributed by atoms with E-state index < -0.39 is 24.9 Å². The molecule has 188 valence electrons. The molecule has 10 heteroatoms. The largest absolute Gasteiger partial charge is 0.529 e. The van der Waals surface area contributed by atoms with Crippen LogP contribution in [0.1, 0.15) is 62.3 Å². The third kappa shape index (κ3) is 6.18. The average molecular weight is 527 g/mol. The van der Waals surface area contributed by atoms with Crippen LogP contribution in [0.5, 0.6) is 11.9 Å². The first-order chi connectivity index (χ1) is 14.5. The maximum absolute atomic E-state index is 6.71. The summed E-state index contributed by atoms with van der Waals surface area (Å²) in [5.74, 6) is 0.612. The van der Waals surface area contributed by atoms with Gasteiger partial charge in [-0.05, 0) is 41.3 Å². The molecule has 0 spiro atoms. The molecule has 2 rings (SSSR count). The Kier molecular flexibility index (Phi) is 7.36. The van der Waals surface area contributed by atoms with Gasteiger partial charge in [0.2, 0.25) is 5.88 Å². The molecule has 2 aromatic rings. The second-order valence-corrected chi connectivity index (χ2v) is 29.2. The Morgan fingerprint density at radius 2 is 1.15 bits per heavy atom. The van der Waals surface area contributed by atoms with Gasteiger partial charge in [-0.25, -0.2) is 4.98 Å². The van der Waals surface area contributed by atoms with Gasteiger partial charge in [-0.1, -0.05) is 86.7 Å². The summed E-state index contributed by atoms with van der Waals surface area (Å²) in [5.41, 5.74) is 0.652. The molecule has 0 saturated heterocycles. The second kappa shape index (κ2) is 8.60. The summed E-state index contributed by atoms with van der Waals surface area (Å²) in [4.78, 5) is 18.2. The van der Waals surface area contributed by atoms with Gasteiger partial charge in [0.05, 0.1) is 0 Å². The molecule has 6 nitrogen and oxygen atoms in total. The van der Waals surface area contributed by atoms with E-state index >= 15 is 0 Å². The summed E-state index contributed by atoms with van der Waals surface area (Å²) in [7, 11) is -6.01. The minimum atomic E-state index is -2.12. The molecule has 0 unspecified atom stereocenters. The molecule has 0 aliphatic rings. The molecule has 2 aromatic heterocycles. The number of anilines is 1. The van der Waals surface area contributed by atoms with Crippen molar-refractivity contribution in [1.82, 2.24) is 15.0 Å². The number of fused-ring (bicyclic) bond motifs is 1. The first kappa shape index (κ1) is 28.3. The first-order valence-corrected chi connectivity index (χ1v) is 21.4. The van der Waals surface area contributed by atoms with Crippen molar-refractivity contribution in [1.29, 1.82) is 0 Å². The molecule has 33 heavy (non-hydrogen) atoms. The molecule has 0 aromatic carbocycles. The number of hydrogen-bond donors (Lipinski definition) is 1. The highest BCUT2D eigenvalue weighted by Gasteiger charge is 2.42. The Labute approximate surface area is 208 Å². The van der Waals surface area contributed by atoms with E-state index in [0.29, 0.717) is 17.5 Å². The molecule has 1 N–H and O–H groups in total. The van der Waals surface area contributed by atoms with Crippen LogP contribution in [0.4, 0.5) is 5.13 Å². The molecule has 0 bridgehead atoms. The SMILES string of the molecule is CC(C)(C)[Si](C)(C)Nc1nc2nc(O[Si](C)(C)C(C)(C)C)nc(O[Si](C)(C)C(C)(C)C)c2s1. The van der Waals surface area contributed by atoms with Gasteiger partial charge in [-0.2, -0.15) is 9.97 Å². The smallest absolute Gasteiger partial charge is 0.307 e. The maximum atomic E-state index is 6.71. The van der Waals surface area contributed by atoms with E-state index in [9.17, 15) is 0 Å².